The quantitative estimate of drug-likeness (QED) is 0.806. The Kier molecular flexibility index (Phi) is 5.38. The molecule has 2 amide bonds. The van der Waals surface area contributed by atoms with Crippen LogP contribution in [0.1, 0.15) is 36.1 Å². The van der Waals surface area contributed by atoms with Crippen molar-refractivity contribution in [2.45, 2.75) is 26.3 Å². The summed E-state index contributed by atoms with van der Waals surface area (Å²) in [5, 5.41) is 0. The third kappa shape index (κ3) is 3.90. The van der Waals surface area contributed by atoms with E-state index in [9.17, 15) is 9.59 Å². The van der Waals surface area contributed by atoms with Gasteiger partial charge in [-0.2, -0.15) is 0 Å². The third-order valence-corrected chi connectivity index (χ3v) is 5.93. The summed E-state index contributed by atoms with van der Waals surface area (Å²) in [4.78, 5) is 31.2. The molecule has 2 aliphatic heterocycles. The molecule has 5 heteroatoms. The summed E-state index contributed by atoms with van der Waals surface area (Å²) in [5.41, 5.74) is 4.62. The second-order valence-electron chi connectivity index (χ2n) is 7.75. The highest BCUT2D eigenvalue weighted by Gasteiger charge is 2.31. The molecule has 2 heterocycles. The highest BCUT2D eigenvalue weighted by molar-refractivity contribution is 5.82. The minimum atomic E-state index is -0.240. The fourth-order valence-electron chi connectivity index (χ4n) is 4.32. The lowest BCUT2D eigenvalue weighted by atomic mass is 9.93. The molecule has 1 unspecified atom stereocenters. The van der Waals surface area contributed by atoms with Gasteiger partial charge in [-0.25, -0.2) is 0 Å². The lowest BCUT2D eigenvalue weighted by Gasteiger charge is -2.38. The van der Waals surface area contributed by atoms with E-state index < -0.39 is 0 Å². The van der Waals surface area contributed by atoms with Crippen molar-refractivity contribution in [3.8, 4) is 0 Å². The van der Waals surface area contributed by atoms with E-state index in [1.165, 1.54) is 11.3 Å². The molecule has 1 saturated heterocycles. The number of carbonyl (C=O) groups is 2. The Morgan fingerprint density at radius 2 is 1.66 bits per heavy atom. The Morgan fingerprint density at radius 3 is 2.38 bits per heavy atom. The first-order valence-corrected chi connectivity index (χ1v) is 10.2. The van der Waals surface area contributed by atoms with Crippen molar-refractivity contribution in [1.82, 2.24) is 9.80 Å². The molecule has 5 nitrogen and oxygen atoms in total. The minimum Gasteiger partial charge on any atom is -0.368 e. The van der Waals surface area contributed by atoms with Crippen LogP contribution in [0.3, 0.4) is 0 Å². The zero-order chi connectivity index (χ0) is 20.4. The number of para-hydroxylation sites is 1. The van der Waals surface area contributed by atoms with E-state index >= 15 is 0 Å². The van der Waals surface area contributed by atoms with Crippen molar-refractivity contribution in [3.05, 3.63) is 71.4 Å². The highest BCUT2D eigenvalue weighted by atomic mass is 16.2. The molecule has 2 aromatic carbocycles. The SMILES string of the molecule is CC(=O)N1C=Cc2ccccc2C1CC(=O)N1CCN(c2ccccc2C)CC1. The van der Waals surface area contributed by atoms with E-state index in [-0.39, 0.29) is 17.9 Å². The van der Waals surface area contributed by atoms with Crippen LogP contribution in [-0.2, 0) is 9.59 Å². The maximum atomic E-state index is 13.1. The number of fused-ring (bicyclic) bond motifs is 1. The van der Waals surface area contributed by atoms with Crippen LogP contribution in [0.15, 0.2) is 54.7 Å². The van der Waals surface area contributed by atoms with Gasteiger partial charge in [-0.05, 0) is 35.8 Å². The van der Waals surface area contributed by atoms with Gasteiger partial charge in [0.25, 0.3) is 0 Å². The summed E-state index contributed by atoms with van der Waals surface area (Å²) in [6.45, 7) is 6.74. The van der Waals surface area contributed by atoms with Gasteiger partial charge in [0.2, 0.25) is 11.8 Å². The summed E-state index contributed by atoms with van der Waals surface area (Å²) in [7, 11) is 0. The van der Waals surface area contributed by atoms with E-state index in [1.54, 1.807) is 18.0 Å². The first-order chi connectivity index (χ1) is 14.0. The summed E-state index contributed by atoms with van der Waals surface area (Å²) in [5.74, 6) is 0.0636. The van der Waals surface area contributed by atoms with Crippen molar-refractivity contribution in [2.75, 3.05) is 31.1 Å². The molecule has 0 aliphatic carbocycles. The molecule has 29 heavy (non-hydrogen) atoms. The number of nitrogens with zero attached hydrogens (tertiary/aromatic N) is 3. The maximum Gasteiger partial charge on any atom is 0.225 e. The van der Waals surface area contributed by atoms with Crippen molar-refractivity contribution in [3.63, 3.8) is 0 Å². The molecule has 0 aromatic heterocycles. The van der Waals surface area contributed by atoms with Crippen molar-refractivity contribution >= 4 is 23.6 Å². The number of amides is 2. The zero-order valence-electron chi connectivity index (χ0n) is 17.0. The number of anilines is 1. The van der Waals surface area contributed by atoms with Crippen molar-refractivity contribution in [2.24, 2.45) is 0 Å². The van der Waals surface area contributed by atoms with E-state index in [1.807, 2.05) is 35.2 Å². The van der Waals surface area contributed by atoms with Crippen LogP contribution in [0.4, 0.5) is 5.69 Å². The van der Waals surface area contributed by atoms with Gasteiger partial charge in [0.05, 0.1) is 12.5 Å². The van der Waals surface area contributed by atoms with Gasteiger partial charge in [-0.3, -0.25) is 9.59 Å². The molecule has 2 aromatic rings. The smallest absolute Gasteiger partial charge is 0.225 e. The Morgan fingerprint density at radius 1 is 0.966 bits per heavy atom. The van der Waals surface area contributed by atoms with Crippen molar-refractivity contribution < 1.29 is 9.59 Å². The Hall–Kier alpha value is -3.08. The molecule has 1 fully saturated rings. The number of benzene rings is 2. The van der Waals surface area contributed by atoms with Gasteiger partial charge in [0.1, 0.15) is 0 Å². The van der Waals surface area contributed by atoms with Gasteiger partial charge in [-0.15, -0.1) is 0 Å². The van der Waals surface area contributed by atoms with Gasteiger partial charge in [0, 0.05) is 45.0 Å². The van der Waals surface area contributed by atoms with E-state index in [0.717, 1.165) is 24.2 Å². The largest absolute Gasteiger partial charge is 0.368 e. The molecular weight excluding hydrogens is 362 g/mol. The number of aryl methyl sites for hydroxylation is 1. The number of piperazine rings is 1. The van der Waals surface area contributed by atoms with Gasteiger partial charge >= 0.3 is 0 Å². The molecule has 0 radical (unpaired) electrons. The van der Waals surface area contributed by atoms with Crippen LogP contribution >= 0.6 is 0 Å². The Balaban J connectivity index is 1.45. The van der Waals surface area contributed by atoms with Crippen LogP contribution < -0.4 is 4.90 Å². The van der Waals surface area contributed by atoms with Crippen LogP contribution in [0.2, 0.25) is 0 Å². The average molecular weight is 389 g/mol. The molecule has 150 valence electrons. The molecule has 4 rings (SSSR count). The Labute approximate surface area is 172 Å². The minimum absolute atomic E-state index is 0.0436. The molecule has 0 bridgehead atoms. The summed E-state index contributed by atoms with van der Waals surface area (Å²) in [6, 6.07) is 16.1. The second kappa shape index (κ2) is 8.11. The number of hydrogen-bond donors (Lipinski definition) is 0. The van der Waals surface area contributed by atoms with E-state index in [4.69, 9.17) is 0 Å². The topological polar surface area (TPSA) is 43.9 Å². The Bertz CT molecular complexity index is 945. The first-order valence-electron chi connectivity index (χ1n) is 10.2. The lowest BCUT2D eigenvalue weighted by Crippen LogP contribution is -2.49. The normalized spacial score (nSPS) is 18.6. The molecule has 0 saturated carbocycles. The summed E-state index contributed by atoms with van der Waals surface area (Å²) >= 11 is 0. The van der Waals surface area contributed by atoms with Gasteiger partial charge in [0.15, 0.2) is 0 Å². The van der Waals surface area contributed by atoms with Gasteiger partial charge < -0.3 is 14.7 Å². The zero-order valence-corrected chi connectivity index (χ0v) is 17.0. The average Bonchev–Trinajstić information content (AvgIpc) is 2.74. The lowest BCUT2D eigenvalue weighted by molar-refractivity contribution is -0.134. The molecule has 0 spiro atoms. The van der Waals surface area contributed by atoms with Crippen LogP contribution in [0.25, 0.3) is 6.08 Å². The van der Waals surface area contributed by atoms with E-state index in [0.29, 0.717) is 19.5 Å². The second-order valence-corrected chi connectivity index (χ2v) is 7.75. The van der Waals surface area contributed by atoms with Crippen LogP contribution in [0.5, 0.6) is 0 Å². The fourth-order valence-corrected chi connectivity index (χ4v) is 4.32. The maximum absolute atomic E-state index is 13.1. The van der Waals surface area contributed by atoms with Crippen LogP contribution in [0, 0.1) is 6.92 Å². The van der Waals surface area contributed by atoms with E-state index in [2.05, 4.69) is 36.1 Å². The van der Waals surface area contributed by atoms with Crippen LogP contribution in [-0.4, -0.2) is 47.8 Å². The third-order valence-electron chi connectivity index (χ3n) is 5.93. The number of rotatable bonds is 3. The van der Waals surface area contributed by atoms with Gasteiger partial charge in [-0.1, -0.05) is 42.5 Å². The fraction of sp³-hybridized carbons (Fsp3) is 0.333. The molecule has 1 atom stereocenters. The molecule has 2 aliphatic rings. The predicted molar refractivity (Wildman–Crippen MR) is 115 cm³/mol. The number of hydrogen-bond acceptors (Lipinski definition) is 3. The highest BCUT2D eigenvalue weighted by Crippen LogP contribution is 2.33. The molecule has 0 N–H and O–H groups in total. The predicted octanol–water partition coefficient (Wildman–Crippen LogP) is 3.61. The monoisotopic (exact) mass is 389 g/mol. The standard InChI is InChI=1S/C24H27N3O2/c1-18-7-3-6-10-22(18)25-13-15-26(16-14-25)24(29)17-23-21-9-5-4-8-20(21)11-12-27(23)19(2)28/h3-12,23H,13-17H2,1-2H3. The summed E-state index contributed by atoms with van der Waals surface area (Å²) in [6.07, 6.45) is 4.06. The molecular formula is C24H27N3O2. The van der Waals surface area contributed by atoms with Crippen molar-refractivity contribution in [1.29, 1.82) is 0 Å². The first kappa shape index (κ1) is 19.2. The summed E-state index contributed by atoms with van der Waals surface area (Å²) < 4.78 is 0. The number of carbonyl (C=O) groups excluding carboxylic acids is 2.